The van der Waals surface area contributed by atoms with E-state index < -0.39 is 0 Å². The molecule has 2 heterocycles. The fourth-order valence-corrected chi connectivity index (χ4v) is 2.25. The van der Waals surface area contributed by atoms with E-state index in [1.165, 1.54) is 12.8 Å². The number of rotatable bonds is 2. The molecule has 2 rings (SSSR count). The summed E-state index contributed by atoms with van der Waals surface area (Å²) in [5, 5.41) is 8.73. The molecule has 1 saturated heterocycles. The topological polar surface area (TPSA) is 43.2 Å². The van der Waals surface area contributed by atoms with Gasteiger partial charge in [0.15, 0.2) is 0 Å². The Balaban J connectivity index is 1.98. The molecule has 1 aromatic rings. The third-order valence-corrected chi connectivity index (χ3v) is 3.40. The van der Waals surface area contributed by atoms with Crippen molar-refractivity contribution >= 4 is 5.82 Å². The van der Waals surface area contributed by atoms with Crippen molar-refractivity contribution in [2.75, 3.05) is 32.1 Å². The molecule has 4 nitrogen and oxygen atoms in total. The normalized spacial score (nSPS) is 17.2. The Morgan fingerprint density at radius 2 is 2.06 bits per heavy atom. The molecule has 1 fully saturated rings. The Bertz CT molecular complexity index is 396. The fraction of sp³-hybridized carbons (Fsp3) is 0.538. The zero-order valence-electron chi connectivity index (χ0n) is 10.4. The zero-order chi connectivity index (χ0) is 12.3. The van der Waals surface area contributed by atoms with Gasteiger partial charge in [0, 0.05) is 25.3 Å². The maximum Gasteiger partial charge on any atom is 0.128 e. The van der Waals surface area contributed by atoms with Gasteiger partial charge in [-0.1, -0.05) is 0 Å². The number of hydrogen-bond donors (Lipinski definition) is 0. The van der Waals surface area contributed by atoms with Crippen LogP contribution in [0.3, 0.4) is 0 Å². The first-order chi connectivity index (χ1) is 8.20. The number of aromatic nitrogens is 1. The van der Waals surface area contributed by atoms with E-state index >= 15 is 0 Å². The molecule has 1 aliphatic heterocycles. The van der Waals surface area contributed by atoms with E-state index in [1.807, 2.05) is 12.1 Å². The Morgan fingerprint density at radius 3 is 2.53 bits per heavy atom. The molecule has 0 saturated carbocycles. The highest BCUT2D eigenvalue weighted by molar-refractivity contribution is 5.42. The van der Waals surface area contributed by atoms with E-state index in [0.717, 1.165) is 18.9 Å². The highest BCUT2D eigenvalue weighted by Crippen LogP contribution is 2.19. The summed E-state index contributed by atoms with van der Waals surface area (Å²) >= 11 is 0. The molecule has 0 unspecified atom stereocenters. The number of nitriles is 1. The van der Waals surface area contributed by atoms with Crippen LogP contribution in [0.25, 0.3) is 0 Å². The van der Waals surface area contributed by atoms with Gasteiger partial charge in [-0.3, -0.25) is 0 Å². The van der Waals surface area contributed by atoms with Gasteiger partial charge in [-0.15, -0.1) is 0 Å². The van der Waals surface area contributed by atoms with Crippen molar-refractivity contribution < 1.29 is 0 Å². The second-order valence-corrected chi connectivity index (χ2v) is 4.70. The van der Waals surface area contributed by atoms with Gasteiger partial charge in [0.1, 0.15) is 11.9 Å². The van der Waals surface area contributed by atoms with Crippen LogP contribution in [0, 0.1) is 11.3 Å². The summed E-state index contributed by atoms with van der Waals surface area (Å²) in [6.07, 6.45) is 4.00. The van der Waals surface area contributed by atoms with E-state index in [0.29, 0.717) is 11.6 Å². The molecule has 0 amide bonds. The Morgan fingerprint density at radius 1 is 1.35 bits per heavy atom. The summed E-state index contributed by atoms with van der Waals surface area (Å²) in [5.41, 5.74) is 0.622. The lowest BCUT2D eigenvalue weighted by atomic mass is 10.0. The third kappa shape index (κ3) is 2.75. The third-order valence-electron chi connectivity index (χ3n) is 3.40. The molecule has 1 aromatic heterocycles. The Hall–Kier alpha value is -1.60. The van der Waals surface area contributed by atoms with Crippen molar-refractivity contribution in [1.29, 1.82) is 5.26 Å². The van der Waals surface area contributed by atoms with E-state index in [1.54, 1.807) is 6.20 Å². The van der Waals surface area contributed by atoms with Crippen LogP contribution in [-0.4, -0.2) is 43.1 Å². The molecule has 0 atom stereocenters. The lowest BCUT2D eigenvalue weighted by molar-refractivity contribution is 0.249. The number of nitrogens with zero attached hydrogens (tertiary/aromatic N) is 4. The second kappa shape index (κ2) is 5.15. The minimum atomic E-state index is 0.622. The first kappa shape index (κ1) is 11.9. The van der Waals surface area contributed by atoms with Gasteiger partial charge < -0.3 is 9.80 Å². The van der Waals surface area contributed by atoms with Crippen LogP contribution in [0.2, 0.25) is 0 Å². The van der Waals surface area contributed by atoms with E-state index in [2.05, 4.69) is 34.9 Å². The highest BCUT2D eigenvalue weighted by atomic mass is 15.2. The maximum atomic E-state index is 8.73. The maximum absolute atomic E-state index is 8.73. The van der Waals surface area contributed by atoms with Crippen molar-refractivity contribution in [3.05, 3.63) is 23.9 Å². The Labute approximate surface area is 102 Å². The quantitative estimate of drug-likeness (QED) is 0.772. The summed E-state index contributed by atoms with van der Waals surface area (Å²) in [5.74, 6) is 0.987. The van der Waals surface area contributed by atoms with Gasteiger partial charge in [-0.05, 0) is 39.1 Å². The first-order valence-corrected chi connectivity index (χ1v) is 5.98. The fourth-order valence-electron chi connectivity index (χ4n) is 2.25. The van der Waals surface area contributed by atoms with Gasteiger partial charge in [0.25, 0.3) is 0 Å². The second-order valence-electron chi connectivity index (χ2n) is 4.70. The Kier molecular flexibility index (Phi) is 3.60. The number of hydrogen-bond acceptors (Lipinski definition) is 4. The molecule has 0 spiro atoms. The van der Waals surface area contributed by atoms with Crippen LogP contribution < -0.4 is 4.90 Å². The van der Waals surface area contributed by atoms with Crippen LogP contribution in [0.5, 0.6) is 0 Å². The van der Waals surface area contributed by atoms with Crippen molar-refractivity contribution in [1.82, 2.24) is 9.88 Å². The smallest absolute Gasteiger partial charge is 0.128 e. The molecule has 0 bridgehead atoms. The molecule has 17 heavy (non-hydrogen) atoms. The summed E-state index contributed by atoms with van der Waals surface area (Å²) in [6, 6.07) is 6.55. The van der Waals surface area contributed by atoms with Crippen molar-refractivity contribution in [3.63, 3.8) is 0 Å². The van der Waals surface area contributed by atoms with Crippen LogP contribution in [0.4, 0.5) is 5.82 Å². The van der Waals surface area contributed by atoms with Gasteiger partial charge in [-0.2, -0.15) is 5.26 Å². The van der Waals surface area contributed by atoms with Gasteiger partial charge in [0.2, 0.25) is 0 Å². The average Bonchev–Trinajstić information content (AvgIpc) is 2.39. The predicted octanol–water partition coefficient (Wildman–Crippen LogP) is 1.48. The van der Waals surface area contributed by atoms with Crippen molar-refractivity contribution in [2.24, 2.45) is 0 Å². The number of piperidine rings is 1. The molecule has 90 valence electrons. The monoisotopic (exact) mass is 230 g/mol. The van der Waals surface area contributed by atoms with Crippen LogP contribution in [0.1, 0.15) is 18.4 Å². The van der Waals surface area contributed by atoms with Crippen LogP contribution >= 0.6 is 0 Å². The van der Waals surface area contributed by atoms with Crippen LogP contribution in [-0.2, 0) is 0 Å². The lowest BCUT2D eigenvalue weighted by Crippen LogP contribution is -2.42. The van der Waals surface area contributed by atoms with Gasteiger partial charge >= 0.3 is 0 Å². The molecule has 1 aliphatic rings. The first-order valence-electron chi connectivity index (χ1n) is 5.98. The molecule has 0 aromatic carbocycles. The number of anilines is 1. The van der Waals surface area contributed by atoms with E-state index in [-0.39, 0.29) is 0 Å². The molecular formula is C13H18N4. The molecule has 4 heteroatoms. The average molecular weight is 230 g/mol. The predicted molar refractivity (Wildman–Crippen MR) is 67.9 cm³/mol. The van der Waals surface area contributed by atoms with Gasteiger partial charge in [0.05, 0.1) is 5.56 Å². The summed E-state index contributed by atoms with van der Waals surface area (Å²) in [7, 11) is 4.28. The molecule has 0 N–H and O–H groups in total. The van der Waals surface area contributed by atoms with Crippen molar-refractivity contribution in [2.45, 2.75) is 18.9 Å². The standard InChI is InChI=1S/C13H18N4/c1-16(2)12-5-7-17(8-6-12)13-4-3-11(9-14)10-15-13/h3-4,10,12H,5-8H2,1-2H3. The summed E-state index contributed by atoms with van der Waals surface area (Å²) in [4.78, 5) is 8.92. The molecule has 0 aliphatic carbocycles. The summed E-state index contributed by atoms with van der Waals surface area (Å²) in [6.45, 7) is 2.09. The number of pyridine rings is 1. The largest absolute Gasteiger partial charge is 0.357 e. The van der Waals surface area contributed by atoms with Crippen molar-refractivity contribution in [3.8, 4) is 6.07 Å². The SMILES string of the molecule is CN(C)C1CCN(c2ccc(C#N)cn2)CC1. The van der Waals surface area contributed by atoms with E-state index in [9.17, 15) is 0 Å². The minimum Gasteiger partial charge on any atom is -0.357 e. The van der Waals surface area contributed by atoms with Crippen LogP contribution in [0.15, 0.2) is 18.3 Å². The van der Waals surface area contributed by atoms with Gasteiger partial charge in [-0.25, -0.2) is 4.98 Å². The highest BCUT2D eigenvalue weighted by Gasteiger charge is 2.21. The summed E-state index contributed by atoms with van der Waals surface area (Å²) < 4.78 is 0. The molecule has 0 radical (unpaired) electrons. The zero-order valence-corrected chi connectivity index (χ0v) is 10.4. The van der Waals surface area contributed by atoms with E-state index in [4.69, 9.17) is 5.26 Å². The minimum absolute atomic E-state index is 0.622. The lowest BCUT2D eigenvalue weighted by Gasteiger charge is -2.35. The molecular weight excluding hydrogens is 212 g/mol.